The van der Waals surface area contributed by atoms with Crippen molar-refractivity contribution in [1.29, 1.82) is 0 Å². The van der Waals surface area contributed by atoms with Gasteiger partial charge in [-0.15, -0.1) is 0 Å². The van der Waals surface area contributed by atoms with E-state index < -0.39 is 0 Å². The molecule has 0 amide bonds. The van der Waals surface area contributed by atoms with E-state index in [4.69, 9.17) is 9.97 Å². The quantitative estimate of drug-likeness (QED) is 0.193. The SMILES string of the molecule is c1ccc(-c2cc(-c3ccccc3)nc(-n3c4ccccc4c4ccc5c(cc6c7ccccc7c7ccccc7n65)c43)n2)cc1. The summed E-state index contributed by atoms with van der Waals surface area (Å²) < 4.78 is 4.70. The first kappa shape index (κ1) is 25.1. The highest BCUT2D eigenvalue weighted by atomic mass is 15.2. The number of pyridine rings is 1. The molecule has 4 nitrogen and oxygen atoms in total. The summed E-state index contributed by atoms with van der Waals surface area (Å²) in [5.74, 6) is 0.656. The summed E-state index contributed by atoms with van der Waals surface area (Å²) in [7, 11) is 0. The summed E-state index contributed by atoms with van der Waals surface area (Å²) >= 11 is 0. The smallest absolute Gasteiger partial charge is 0.235 e. The largest absolute Gasteiger partial charge is 0.309 e. The molecule has 0 atom stereocenters. The Kier molecular flexibility index (Phi) is 5.25. The molecule has 6 aromatic carbocycles. The number of benzene rings is 6. The van der Waals surface area contributed by atoms with Crippen molar-refractivity contribution >= 4 is 59.9 Å². The molecular formula is C42H26N4. The minimum Gasteiger partial charge on any atom is -0.309 e. The summed E-state index contributed by atoms with van der Waals surface area (Å²) in [5, 5.41) is 7.28. The van der Waals surface area contributed by atoms with Crippen molar-refractivity contribution in [2.75, 3.05) is 0 Å². The first-order chi connectivity index (χ1) is 22.8. The molecule has 0 saturated heterocycles. The van der Waals surface area contributed by atoms with Gasteiger partial charge < -0.3 is 4.40 Å². The molecule has 4 aromatic heterocycles. The summed E-state index contributed by atoms with van der Waals surface area (Å²) in [6.07, 6.45) is 0. The molecule has 4 heteroatoms. The van der Waals surface area contributed by atoms with E-state index in [1.165, 1.54) is 43.4 Å². The molecule has 4 heterocycles. The minimum absolute atomic E-state index is 0.656. The third kappa shape index (κ3) is 3.55. The Labute approximate surface area is 264 Å². The van der Waals surface area contributed by atoms with Crippen molar-refractivity contribution < 1.29 is 0 Å². The first-order valence-electron chi connectivity index (χ1n) is 15.6. The summed E-state index contributed by atoms with van der Waals surface area (Å²) in [6, 6.07) is 55.8. The molecular weight excluding hydrogens is 560 g/mol. The number of para-hydroxylation sites is 2. The van der Waals surface area contributed by atoms with Crippen LogP contribution >= 0.6 is 0 Å². The van der Waals surface area contributed by atoms with Crippen LogP contribution in [0.1, 0.15) is 0 Å². The van der Waals surface area contributed by atoms with E-state index in [9.17, 15) is 0 Å². The average Bonchev–Trinajstić information content (AvgIpc) is 3.69. The Hall–Kier alpha value is -6.26. The van der Waals surface area contributed by atoms with Gasteiger partial charge in [0.15, 0.2) is 0 Å². The summed E-state index contributed by atoms with van der Waals surface area (Å²) in [6.45, 7) is 0. The molecule has 0 unspecified atom stereocenters. The van der Waals surface area contributed by atoms with E-state index >= 15 is 0 Å². The number of hydrogen-bond acceptors (Lipinski definition) is 2. The molecule has 0 aliphatic rings. The van der Waals surface area contributed by atoms with Crippen LogP contribution in [-0.4, -0.2) is 18.9 Å². The van der Waals surface area contributed by atoms with Crippen molar-refractivity contribution in [3.63, 3.8) is 0 Å². The Balaban J connectivity index is 1.39. The fourth-order valence-corrected chi connectivity index (χ4v) is 7.29. The maximum absolute atomic E-state index is 5.28. The van der Waals surface area contributed by atoms with Crippen molar-refractivity contribution in [3.8, 4) is 28.5 Å². The number of hydrogen-bond donors (Lipinski definition) is 0. The second-order valence-electron chi connectivity index (χ2n) is 11.8. The summed E-state index contributed by atoms with van der Waals surface area (Å²) in [4.78, 5) is 10.6. The fraction of sp³-hybridized carbons (Fsp3) is 0. The molecule has 0 fully saturated rings. The molecule has 214 valence electrons. The van der Waals surface area contributed by atoms with Gasteiger partial charge in [-0.2, -0.15) is 0 Å². The average molecular weight is 587 g/mol. The van der Waals surface area contributed by atoms with Crippen LogP contribution < -0.4 is 0 Å². The highest BCUT2D eigenvalue weighted by Crippen LogP contribution is 2.41. The van der Waals surface area contributed by atoms with Crippen LogP contribution in [0.4, 0.5) is 0 Å². The standard InChI is InChI=1S/C42H26N4/c1-3-13-27(14-4-1)35-26-36(28-15-5-2-6-16-28)44-42(43-35)46-38-22-12-10-20-32(38)33-23-24-39-34(41(33)46)25-40-31-19-8-7-17-29(31)30-18-9-11-21-37(30)45(39)40/h1-26H. The molecule has 0 radical (unpaired) electrons. The zero-order chi connectivity index (χ0) is 30.2. The topological polar surface area (TPSA) is 35.1 Å². The number of fused-ring (bicyclic) bond motifs is 12. The maximum Gasteiger partial charge on any atom is 0.235 e. The molecule has 0 N–H and O–H groups in total. The van der Waals surface area contributed by atoms with Crippen molar-refractivity contribution in [2.24, 2.45) is 0 Å². The Morgan fingerprint density at radius 2 is 0.848 bits per heavy atom. The lowest BCUT2D eigenvalue weighted by Crippen LogP contribution is -2.04. The third-order valence-corrected chi connectivity index (χ3v) is 9.31. The van der Waals surface area contributed by atoms with Gasteiger partial charge in [0.2, 0.25) is 5.95 Å². The van der Waals surface area contributed by atoms with Crippen LogP contribution in [-0.2, 0) is 0 Å². The van der Waals surface area contributed by atoms with Crippen LogP contribution in [0.5, 0.6) is 0 Å². The monoisotopic (exact) mass is 586 g/mol. The van der Waals surface area contributed by atoms with E-state index in [0.29, 0.717) is 5.95 Å². The fourth-order valence-electron chi connectivity index (χ4n) is 7.29. The third-order valence-electron chi connectivity index (χ3n) is 9.31. The highest BCUT2D eigenvalue weighted by Gasteiger charge is 2.21. The van der Waals surface area contributed by atoms with Crippen molar-refractivity contribution in [1.82, 2.24) is 18.9 Å². The second kappa shape index (κ2) is 9.62. The van der Waals surface area contributed by atoms with Crippen molar-refractivity contribution in [2.45, 2.75) is 0 Å². The van der Waals surface area contributed by atoms with Gasteiger partial charge in [0.25, 0.3) is 0 Å². The Bertz CT molecular complexity index is 2730. The van der Waals surface area contributed by atoms with Gasteiger partial charge in [-0.25, -0.2) is 9.97 Å². The molecule has 0 bridgehead atoms. The molecule has 0 aliphatic carbocycles. The Morgan fingerprint density at radius 1 is 0.348 bits per heavy atom. The van der Waals surface area contributed by atoms with Crippen LogP contribution in [0, 0.1) is 0 Å². The van der Waals surface area contributed by atoms with Crippen LogP contribution in [0.25, 0.3) is 88.4 Å². The molecule has 0 aliphatic heterocycles. The van der Waals surface area contributed by atoms with E-state index in [1.807, 2.05) is 12.1 Å². The van der Waals surface area contributed by atoms with E-state index in [-0.39, 0.29) is 0 Å². The zero-order valence-electron chi connectivity index (χ0n) is 24.8. The predicted molar refractivity (Wildman–Crippen MR) is 191 cm³/mol. The molecule has 10 rings (SSSR count). The Morgan fingerprint density at radius 3 is 1.50 bits per heavy atom. The van der Waals surface area contributed by atoms with Crippen LogP contribution in [0.15, 0.2) is 158 Å². The van der Waals surface area contributed by atoms with Gasteiger partial charge >= 0.3 is 0 Å². The first-order valence-corrected chi connectivity index (χ1v) is 15.6. The maximum atomic E-state index is 5.28. The van der Waals surface area contributed by atoms with Gasteiger partial charge in [-0.1, -0.05) is 127 Å². The lowest BCUT2D eigenvalue weighted by molar-refractivity contribution is 0.998. The normalized spacial score (nSPS) is 11.9. The predicted octanol–water partition coefficient (Wildman–Crippen LogP) is 10.6. The molecule has 0 saturated carbocycles. The number of nitrogens with zero attached hydrogens (tertiary/aromatic N) is 4. The number of aromatic nitrogens is 4. The molecule has 10 aromatic rings. The van der Waals surface area contributed by atoms with Gasteiger partial charge in [0.05, 0.1) is 39.0 Å². The zero-order valence-corrected chi connectivity index (χ0v) is 24.8. The van der Waals surface area contributed by atoms with Gasteiger partial charge in [-0.05, 0) is 35.7 Å². The molecule has 0 spiro atoms. The highest BCUT2D eigenvalue weighted by molar-refractivity contribution is 6.22. The lowest BCUT2D eigenvalue weighted by Gasteiger charge is -2.12. The van der Waals surface area contributed by atoms with Crippen LogP contribution in [0.3, 0.4) is 0 Å². The minimum atomic E-state index is 0.656. The van der Waals surface area contributed by atoms with Crippen molar-refractivity contribution in [3.05, 3.63) is 158 Å². The van der Waals surface area contributed by atoms with Crippen LogP contribution in [0.2, 0.25) is 0 Å². The lowest BCUT2D eigenvalue weighted by atomic mass is 10.1. The summed E-state index contributed by atoms with van der Waals surface area (Å²) in [5.41, 5.74) is 9.64. The van der Waals surface area contributed by atoms with E-state index in [0.717, 1.165) is 39.1 Å². The van der Waals surface area contributed by atoms with Gasteiger partial charge in [0.1, 0.15) is 0 Å². The second-order valence-corrected chi connectivity index (χ2v) is 11.8. The molecule has 46 heavy (non-hydrogen) atoms. The number of rotatable bonds is 3. The van der Waals surface area contributed by atoms with E-state index in [1.54, 1.807) is 0 Å². The van der Waals surface area contributed by atoms with Gasteiger partial charge in [-0.3, -0.25) is 4.57 Å². The van der Waals surface area contributed by atoms with E-state index in [2.05, 4.69) is 155 Å². The van der Waals surface area contributed by atoms with Gasteiger partial charge in [0, 0.05) is 38.1 Å².